The average molecular weight is 371 g/mol. The molecule has 3 nitrogen and oxygen atoms in total. The molecule has 0 bridgehead atoms. The molecular formula is C24H34O3. The lowest BCUT2D eigenvalue weighted by atomic mass is 9.82. The van der Waals surface area contributed by atoms with E-state index in [2.05, 4.69) is 52.0 Å². The van der Waals surface area contributed by atoms with Gasteiger partial charge in [-0.3, -0.25) is 0 Å². The van der Waals surface area contributed by atoms with E-state index in [1.54, 1.807) is 7.11 Å². The summed E-state index contributed by atoms with van der Waals surface area (Å²) in [6.07, 6.45) is 1.22. The molecule has 148 valence electrons. The highest BCUT2D eigenvalue weighted by molar-refractivity contribution is 5.30. The molecule has 2 aromatic carbocycles. The number of benzene rings is 2. The number of rotatable bonds is 11. The highest BCUT2D eigenvalue weighted by Crippen LogP contribution is 2.31. The van der Waals surface area contributed by atoms with Gasteiger partial charge in [-0.15, -0.1) is 0 Å². The SMILES string of the molecule is COCc1ccc(OCCOc2ccc(C(CC(C)C)C(C)C)cc2)cc1. The maximum Gasteiger partial charge on any atom is 0.122 e. The lowest BCUT2D eigenvalue weighted by molar-refractivity contribution is 0.184. The Hall–Kier alpha value is -2.00. The van der Waals surface area contributed by atoms with E-state index in [0.29, 0.717) is 37.6 Å². The monoisotopic (exact) mass is 370 g/mol. The Bertz CT molecular complexity index is 644. The molecule has 2 aromatic rings. The van der Waals surface area contributed by atoms with Crippen LogP contribution < -0.4 is 9.47 Å². The summed E-state index contributed by atoms with van der Waals surface area (Å²) in [4.78, 5) is 0. The van der Waals surface area contributed by atoms with Gasteiger partial charge in [-0.1, -0.05) is 52.0 Å². The van der Waals surface area contributed by atoms with Crippen molar-refractivity contribution < 1.29 is 14.2 Å². The molecule has 0 radical (unpaired) electrons. The first-order valence-corrected chi connectivity index (χ1v) is 9.93. The largest absolute Gasteiger partial charge is 0.490 e. The van der Waals surface area contributed by atoms with Crippen LogP contribution in [-0.4, -0.2) is 20.3 Å². The van der Waals surface area contributed by atoms with Gasteiger partial charge in [0.05, 0.1) is 6.61 Å². The number of methoxy groups -OCH3 is 1. The first kappa shape index (κ1) is 21.3. The van der Waals surface area contributed by atoms with Crippen LogP contribution in [-0.2, 0) is 11.3 Å². The Balaban J connectivity index is 1.79. The highest BCUT2D eigenvalue weighted by Gasteiger charge is 2.17. The van der Waals surface area contributed by atoms with E-state index in [-0.39, 0.29) is 0 Å². The van der Waals surface area contributed by atoms with Crippen LogP contribution in [0.5, 0.6) is 11.5 Å². The summed E-state index contributed by atoms with van der Waals surface area (Å²) in [5.74, 6) is 3.69. The van der Waals surface area contributed by atoms with Crippen LogP contribution in [0.4, 0.5) is 0 Å². The van der Waals surface area contributed by atoms with Gasteiger partial charge in [0.1, 0.15) is 24.7 Å². The lowest BCUT2D eigenvalue weighted by Gasteiger charge is -2.23. The Kier molecular flexibility index (Phi) is 8.66. The van der Waals surface area contributed by atoms with Crippen LogP contribution in [0, 0.1) is 11.8 Å². The quantitative estimate of drug-likeness (QED) is 0.449. The topological polar surface area (TPSA) is 27.7 Å². The minimum absolute atomic E-state index is 0.521. The lowest BCUT2D eigenvalue weighted by Crippen LogP contribution is -2.11. The van der Waals surface area contributed by atoms with Crippen LogP contribution in [0.2, 0.25) is 0 Å². The zero-order valence-corrected chi connectivity index (χ0v) is 17.4. The summed E-state index contributed by atoms with van der Waals surface area (Å²) in [6.45, 7) is 10.9. The third-order valence-corrected chi connectivity index (χ3v) is 4.69. The van der Waals surface area contributed by atoms with Gasteiger partial charge in [0.2, 0.25) is 0 Å². The summed E-state index contributed by atoms with van der Waals surface area (Å²) in [6, 6.07) is 16.5. The predicted octanol–water partition coefficient (Wildman–Crippen LogP) is 6.08. The van der Waals surface area contributed by atoms with Crippen molar-refractivity contribution in [2.75, 3.05) is 20.3 Å². The van der Waals surface area contributed by atoms with E-state index in [0.717, 1.165) is 17.1 Å². The molecule has 0 heterocycles. The van der Waals surface area contributed by atoms with Crippen molar-refractivity contribution in [1.29, 1.82) is 0 Å². The van der Waals surface area contributed by atoms with Crippen molar-refractivity contribution in [3.8, 4) is 11.5 Å². The van der Waals surface area contributed by atoms with Crippen molar-refractivity contribution in [3.63, 3.8) is 0 Å². The summed E-state index contributed by atoms with van der Waals surface area (Å²) in [7, 11) is 1.70. The Morgan fingerprint density at radius 3 is 1.70 bits per heavy atom. The molecule has 0 saturated carbocycles. The van der Waals surface area contributed by atoms with Crippen LogP contribution in [0.3, 0.4) is 0 Å². The van der Waals surface area contributed by atoms with E-state index < -0.39 is 0 Å². The van der Waals surface area contributed by atoms with Crippen LogP contribution in [0.25, 0.3) is 0 Å². The molecule has 0 spiro atoms. The molecule has 0 saturated heterocycles. The first-order valence-electron chi connectivity index (χ1n) is 9.93. The Labute approximate surface area is 164 Å². The smallest absolute Gasteiger partial charge is 0.122 e. The van der Waals surface area contributed by atoms with Crippen LogP contribution in [0.15, 0.2) is 48.5 Å². The molecule has 0 fully saturated rings. The third-order valence-electron chi connectivity index (χ3n) is 4.69. The average Bonchev–Trinajstić information content (AvgIpc) is 2.65. The Morgan fingerprint density at radius 2 is 1.26 bits per heavy atom. The van der Waals surface area contributed by atoms with Crippen molar-refractivity contribution in [3.05, 3.63) is 59.7 Å². The molecule has 0 aliphatic rings. The highest BCUT2D eigenvalue weighted by atomic mass is 16.5. The standard InChI is InChI=1S/C24H34O3/c1-18(2)16-24(19(3)4)21-8-12-23(13-9-21)27-15-14-26-22-10-6-20(7-11-22)17-25-5/h6-13,18-19,24H,14-17H2,1-5H3. The molecule has 0 aromatic heterocycles. The van der Waals surface area contributed by atoms with Crippen molar-refractivity contribution >= 4 is 0 Å². The van der Waals surface area contributed by atoms with Crippen molar-refractivity contribution in [1.82, 2.24) is 0 Å². The fourth-order valence-electron chi connectivity index (χ4n) is 3.28. The van der Waals surface area contributed by atoms with Crippen molar-refractivity contribution in [2.24, 2.45) is 11.8 Å². The molecule has 0 aliphatic carbocycles. The molecule has 3 heteroatoms. The number of hydrogen-bond acceptors (Lipinski definition) is 3. The molecule has 27 heavy (non-hydrogen) atoms. The fraction of sp³-hybridized carbons (Fsp3) is 0.500. The molecule has 1 unspecified atom stereocenters. The maximum absolute atomic E-state index is 5.82. The zero-order chi connectivity index (χ0) is 19.6. The number of hydrogen-bond donors (Lipinski definition) is 0. The fourth-order valence-corrected chi connectivity index (χ4v) is 3.28. The predicted molar refractivity (Wildman–Crippen MR) is 112 cm³/mol. The molecule has 0 N–H and O–H groups in total. The van der Waals surface area contributed by atoms with Gasteiger partial charge in [-0.25, -0.2) is 0 Å². The van der Waals surface area contributed by atoms with Crippen LogP contribution >= 0.6 is 0 Å². The van der Waals surface area contributed by atoms with Gasteiger partial charge in [0.25, 0.3) is 0 Å². The van der Waals surface area contributed by atoms with E-state index in [1.165, 1.54) is 12.0 Å². The van der Waals surface area contributed by atoms with E-state index in [1.807, 2.05) is 24.3 Å². The van der Waals surface area contributed by atoms with Crippen molar-refractivity contribution in [2.45, 2.75) is 46.6 Å². The Morgan fingerprint density at radius 1 is 0.741 bits per heavy atom. The van der Waals surface area contributed by atoms with Gasteiger partial charge in [-0.2, -0.15) is 0 Å². The normalized spacial score (nSPS) is 12.4. The summed E-state index contributed by atoms with van der Waals surface area (Å²) < 4.78 is 16.7. The maximum atomic E-state index is 5.82. The van der Waals surface area contributed by atoms with E-state index in [9.17, 15) is 0 Å². The van der Waals surface area contributed by atoms with E-state index >= 15 is 0 Å². The van der Waals surface area contributed by atoms with Crippen LogP contribution in [0.1, 0.15) is 51.2 Å². The first-order chi connectivity index (χ1) is 13.0. The van der Waals surface area contributed by atoms with Gasteiger partial charge in [-0.05, 0) is 59.6 Å². The molecule has 0 amide bonds. The molecule has 2 rings (SSSR count). The van der Waals surface area contributed by atoms with Gasteiger partial charge in [0, 0.05) is 7.11 Å². The van der Waals surface area contributed by atoms with Gasteiger partial charge >= 0.3 is 0 Å². The summed E-state index contributed by atoms with van der Waals surface area (Å²) >= 11 is 0. The van der Waals surface area contributed by atoms with Gasteiger partial charge in [0.15, 0.2) is 0 Å². The minimum atomic E-state index is 0.521. The second-order valence-corrected chi connectivity index (χ2v) is 7.82. The van der Waals surface area contributed by atoms with E-state index in [4.69, 9.17) is 14.2 Å². The molecule has 0 aliphatic heterocycles. The minimum Gasteiger partial charge on any atom is -0.490 e. The van der Waals surface area contributed by atoms with Gasteiger partial charge < -0.3 is 14.2 Å². The molecule has 1 atom stereocenters. The number of ether oxygens (including phenoxy) is 3. The summed E-state index contributed by atoms with van der Waals surface area (Å²) in [5, 5.41) is 0. The zero-order valence-electron chi connectivity index (χ0n) is 17.4. The molecular weight excluding hydrogens is 336 g/mol. The summed E-state index contributed by atoms with van der Waals surface area (Å²) in [5.41, 5.74) is 2.54. The third kappa shape index (κ3) is 7.26. The second kappa shape index (κ2) is 11.0. The second-order valence-electron chi connectivity index (χ2n) is 7.82.